The Kier molecular flexibility index (Phi) is 4.60. The van der Waals surface area contributed by atoms with E-state index in [2.05, 4.69) is 41.9 Å². The van der Waals surface area contributed by atoms with Crippen molar-refractivity contribution in [3.05, 3.63) is 35.0 Å². The normalized spacial score (nSPS) is 16.1. The molecular weight excluding hydrogens is 276 g/mol. The van der Waals surface area contributed by atoms with Crippen molar-refractivity contribution in [2.45, 2.75) is 20.8 Å². The van der Waals surface area contributed by atoms with Gasteiger partial charge in [-0.15, -0.1) is 0 Å². The summed E-state index contributed by atoms with van der Waals surface area (Å²) in [5, 5.41) is 1.15. The number of morpholine rings is 1. The Balaban J connectivity index is 1.77. The fraction of sp³-hybridized carbons (Fsp3) is 0.500. The Morgan fingerprint density at radius 2 is 1.91 bits per heavy atom. The molecule has 1 aromatic heterocycles. The van der Waals surface area contributed by atoms with Gasteiger partial charge in [0.15, 0.2) is 0 Å². The largest absolute Gasteiger partial charge is 0.492 e. The smallest absolute Gasteiger partial charge is 0.129 e. The Morgan fingerprint density at radius 3 is 2.68 bits per heavy atom. The summed E-state index contributed by atoms with van der Waals surface area (Å²) in [5.41, 5.74) is 4.54. The molecule has 4 heteroatoms. The van der Waals surface area contributed by atoms with E-state index in [-0.39, 0.29) is 0 Å². The highest BCUT2D eigenvalue weighted by Gasteiger charge is 2.12. The molecule has 0 saturated carbocycles. The van der Waals surface area contributed by atoms with Gasteiger partial charge in [0.1, 0.15) is 12.4 Å². The summed E-state index contributed by atoms with van der Waals surface area (Å²) in [6, 6.07) is 6.29. The summed E-state index contributed by atoms with van der Waals surface area (Å²) in [5.74, 6) is 0.943. The maximum Gasteiger partial charge on any atom is 0.129 e. The van der Waals surface area contributed by atoms with Crippen LogP contribution in [0.25, 0.3) is 10.9 Å². The number of aromatic nitrogens is 1. The number of hydrogen-bond acceptors (Lipinski definition) is 4. The van der Waals surface area contributed by atoms with Gasteiger partial charge in [0.25, 0.3) is 0 Å². The summed E-state index contributed by atoms with van der Waals surface area (Å²) < 4.78 is 11.4. The van der Waals surface area contributed by atoms with Crippen LogP contribution < -0.4 is 4.74 Å². The molecule has 1 saturated heterocycles. The minimum absolute atomic E-state index is 0.700. The van der Waals surface area contributed by atoms with Crippen LogP contribution in [0.5, 0.6) is 5.75 Å². The third-order valence-corrected chi connectivity index (χ3v) is 4.22. The molecule has 0 N–H and O–H groups in total. The quantitative estimate of drug-likeness (QED) is 0.869. The van der Waals surface area contributed by atoms with Crippen LogP contribution in [0.4, 0.5) is 0 Å². The highest BCUT2D eigenvalue weighted by molar-refractivity contribution is 5.90. The van der Waals surface area contributed by atoms with Crippen LogP contribution in [0.1, 0.15) is 16.8 Å². The van der Waals surface area contributed by atoms with Crippen LogP contribution in [0.2, 0.25) is 0 Å². The number of fused-ring (bicyclic) bond motifs is 1. The van der Waals surface area contributed by atoms with Gasteiger partial charge in [0.2, 0.25) is 0 Å². The number of nitrogens with zero attached hydrogens (tertiary/aromatic N) is 2. The van der Waals surface area contributed by atoms with Gasteiger partial charge in [-0.25, -0.2) is 0 Å². The predicted octanol–water partition coefficient (Wildman–Crippen LogP) is 2.87. The summed E-state index contributed by atoms with van der Waals surface area (Å²) in [6.45, 7) is 11.6. The van der Waals surface area contributed by atoms with Gasteiger partial charge in [-0.1, -0.05) is 6.07 Å². The van der Waals surface area contributed by atoms with Crippen LogP contribution in [-0.2, 0) is 4.74 Å². The molecule has 4 nitrogen and oxygen atoms in total. The summed E-state index contributed by atoms with van der Waals surface area (Å²) >= 11 is 0. The van der Waals surface area contributed by atoms with Crippen molar-refractivity contribution in [2.24, 2.45) is 0 Å². The number of pyridine rings is 1. The number of benzene rings is 1. The third kappa shape index (κ3) is 3.23. The van der Waals surface area contributed by atoms with Crippen LogP contribution >= 0.6 is 0 Å². The standard InChI is InChI=1S/C18H24N2O2/c1-13-4-5-16(17-14(2)12-15(3)19-18(13)17)22-11-8-20-6-9-21-10-7-20/h4-5,12H,6-11H2,1-3H3. The van der Waals surface area contributed by atoms with E-state index >= 15 is 0 Å². The minimum atomic E-state index is 0.700. The molecule has 118 valence electrons. The number of ether oxygens (including phenoxy) is 2. The lowest BCUT2D eigenvalue weighted by atomic mass is 10.0. The lowest BCUT2D eigenvalue weighted by Gasteiger charge is -2.26. The molecule has 0 aliphatic carbocycles. The van der Waals surface area contributed by atoms with Gasteiger partial charge in [0, 0.05) is 30.7 Å². The van der Waals surface area contributed by atoms with E-state index in [1.807, 2.05) is 6.92 Å². The SMILES string of the molecule is Cc1cc(C)c2c(OCCN3CCOCC3)ccc(C)c2n1. The average molecular weight is 300 g/mol. The zero-order valence-electron chi connectivity index (χ0n) is 13.7. The van der Waals surface area contributed by atoms with Gasteiger partial charge in [-0.05, 0) is 44.0 Å². The van der Waals surface area contributed by atoms with Crippen LogP contribution in [-0.4, -0.2) is 49.3 Å². The molecule has 1 aliphatic heterocycles. The first-order valence-electron chi connectivity index (χ1n) is 7.95. The summed E-state index contributed by atoms with van der Waals surface area (Å²) in [7, 11) is 0. The molecule has 2 aromatic rings. The molecular formula is C18H24N2O2. The molecule has 22 heavy (non-hydrogen) atoms. The second-order valence-corrected chi connectivity index (χ2v) is 5.99. The Labute approximate surface area is 132 Å². The van der Waals surface area contributed by atoms with Gasteiger partial charge in [-0.3, -0.25) is 9.88 Å². The average Bonchev–Trinajstić information content (AvgIpc) is 2.51. The maximum absolute atomic E-state index is 6.08. The lowest BCUT2D eigenvalue weighted by Crippen LogP contribution is -2.38. The van der Waals surface area contributed by atoms with Gasteiger partial charge >= 0.3 is 0 Å². The highest BCUT2D eigenvalue weighted by atomic mass is 16.5. The van der Waals surface area contributed by atoms with Gasteiger partial charge in [0.05, 0.1) is 18.7 Å². The molecule has 0 bridgehead atoms. The first-order chi connectivity index (χ1) is 10.6. The number of rotatable bonds is 4. The first-order valence-corrected chi connectivity index (χ1v) is 7.95. The van der Waals surface area contributed by atoms with E-state index in [0.717, 1.165) is 55.2 Å². The number of hydrogen-bond donors (Lipinski definition) is 0. The van der Waals surface area contributed by atoms with E-state index in [1.165, 1.54) is 11.1 Å². The second kappa shape index (κ2) is 6.63. The van der Waals surface area contributed by atoms with E-state index < -0.39 is 0 Å². The monoisotopic (exact) mass is 300 g/mol. The predicted molar refractivity (Wildman–Crippen MR) is 88.7 cm³/mol. The summed E-state index contributed by atoms with van der Waals surface area (Å²) in [4.78, 5) is 7.07. The molecule has 0 unspecified atom stereocenters. The Hall–Kier alpha value is -1.65. The van der Waals surface area contributed by atoms with Crippen molar-refractivity contribution < 1.29 is 9.47 Å². The van der Waals surface area contributed by atoms with Crippen molar-refractivity contribution in [1.29, 1.82) is 0 Å². The van der Waals surface area contributed by atoms with Crippen LogP contribution in [0.3, 0.4) is 0 Å². The first kappa shape index (κ1) is 15.3. The highest BCUT2D eigenvalue weighted by Crippen LogP contribution is 2.30. The van der Waals surface area contributed by atoms with Crippen molar-refractivity contribution >= 4 is 10.9 Å². The number of aryl methyl sites for hydroxylation is 3. The molecule has 0 spiro atoms. The molecule has 0 amide bonds. The topological polar surface area (TPSA) is 34.6 Å². The fourth-order valence-corrected chi connectivity index (χ4v) is 3.03. The lowest BCUT2D eigenvalue weighted by molar-refractivity contribution is 0.0323. The molecule has 1 aliphatic rings. The van der Waals surface area contributed by atoms with Crippen molar-refractivity contribution in [3.63, 3.8) is 0 Å². The molecule has 0 radical (unpaired) electrons. The second-order valence-electron chi connectivity index (χ2n) is 5.99. The third-order valence-electron chi connectivity index (χ3n) is 4.22. The Morgan fingerprint density at radius 1 is 1.14 bits per heavy atom. The molecule has 3 rings (SSSR count). The zero-order valence-corrected chi connectivity index (χ0v) is 13.7. The fourth-order valence-electron chi connectivity index (χ4n) is 3.03. The molecule has 2 heterocycles. The van der Waals surface area contributed by atoms with Crippen LogP contribution in [0.15, 0.2) is 18.2 Å². The van der Waals surface area contributed by atoms with E-state index in [1.54, 1.807) is 0 Å². The maximum atomic E-state index is 6.08. The molecule has 0 atom stereocenters. The van der Waals surface area contributed by atoms with Crippen molar-refractivity contribution in [2.75, 3.05) is 39.5 Å². The van der Waals surface area contributed by atoms with E-state index in [9.17, 15) is 0 Å². The van der Waals surface area contributed by atoms with Crippen molar-refractivity contribution in [3.8, 4) is 5.75 Å². The van der Waals surface area contributed by atoms with E-state index in [0.29, 0.717) is 6.61 Å². The van der Waals surface area contributed by atoms with Crippen molar-refractivity contribution in [1.82, 2.24) is 9.88 Å². The molecule has 1 fully saturated rings. The van der Waals surface area contributed by atoms with Gasteiger partial charge in [-0.2, -0.15) is 0 Å². The zero-order chi connectivity index (χ0) is 15.5. The van der Waals surface area contributed by atoms with Crippen LogP contribution in [0, 0.1) is 20.8 Å². The molecule has 1 aromatic carbocycles. The Bertz CT molecular complexity index is 664. The van der Waals surface area contributed by atoms with Gasteiger partial charge < -0.3 is 9.47 Å². The minimum Gasteiger partial charge on any atom is -0.492 e. The summed E-state index contributed by atoms with van der Waals surface area (Å²) in [6.07, 6.45) is 0. The van der Waals surface area contributed by atoms with E-state index in [4.69, 9.17) is 9.47 Å².